The smallest absolute Gasteiger partial charge is 0.277 e. The molecule has 24 heavy (non-hydrogen) atoms. The monoisotopic (exact) mass is 392 g/mol. The highest BCUT2D eigenvalue weighted by Crippen LogP contribution is 2.26. The zero-order valence-electron chi connectivity index (χ0n) is 13.3. The van der Waals surface area contributed by atoms with Gasteiger partial charge in [-0.3, -0.25) is 4.79 Å². The van der Waals surface area contributed by atoms with E-state index >= 15 is 0 Å². The molecule has 0 saturated carbocycles. The Morgan fingerprint density at radius 3 is 2.67 bits per heavy atom. The first kappa shape index (κ1) is 17.8. The molecule has 0 radical (unpaired) electrons. The SMILES string of the molecule is COc1ccc(/C=N/NC(=O)COc2cccc(Br)c2)cc1OC. The van der Waals surface area contributed by atoms with Crippen LogP contribution in [0.5, 0.6) is 17.2 Å². The molecule has 2 rings (SSSR count). The van der Waals surface area contributed by atoms with Crippen molar-refractivity contribution in [2.24, 2.45) is 5.10 Å². The number of nitrogens with one attached hydrogen (secondary N) is 1. The maximum Gasteiger partial charge on any atom is 0.277 e. The maximum absolute atomic E-state index is 11.7. The Hall–Kier alpha value is -2.54. The lowest BCUT2D eigenvalue weighted by Crippen LogP contribution is -2.24. The van der Waals surface area contributed by atoms with Gasteiger partial charge in [0, 0.05) is 4.47 Å². The van der Waals surface area contributed by atoms with Crippen LogP contribution in [0.1, 0.15) is 5.56 Å². The molecule has 0 bridgehead atoms. The summed E-state index contributed by atoms with van der Waals surface area (Å²) in [6.45, 7) is -0.125. The van der Waals surface area contributed by atoms with E-state index in [4.69, 9.17) is 14.2 Å². The zero-order valence-corrected chi connectivity index (χ0v) is 14.9. The van der Waals surface area contributed by atoms with Gasteiger partial charge in [0.1, 0.15) is 5.75 Å². The predicted molar refractivity (Wildman–Crippen MR) is 94.9 cm³/mol. The van der Waals surface area contributed by atoms with Crippen molar-refractivity contribution in [1.29, 1.82) is 0 Å². The van der Waals surface area contributed by atoms with Gasteiger partial charge in [0.05, 0.1) is 20.4 Å². The number of benzene rings is 2. The third kappa shape index (κ3) is 5.27. The lowest BCUT2D eigenvalue weighted by Gasteiger charge is -2.07. The molecule has 0 heterocycles. The van der Waals surface area contributed by atoms with Crippen molar-refractivity contribution < 1.29 is 19.0 Å². The molecule has 0 fully saturated rings. The normalized spacial score (nSPS) is 10.5. The summed E-state index contributed by atoms with van der Waals surface area (Å²) in [5.74, 6) is 1.46. The Bertz CT molecular complexity index is 734. The highest BCUT2D eigenvalue weighted by atomic mass is 79.9. The molecule has 7 heteroatoms. The Labute approximate surface area is 148 Å². The molecule has 1 amide bonds. The predicted octanol–water partition coefficient (Wildman–Crippen LogP) is 3.00. The molecular formula is C17H17BrN2O4. The van der Waals surface area contributed by atoms with Crippen LogP contribution in [0.4, 0.5) is 0 Å². The fourth-order valence-corrected chi connectivity index (χ4v) is 2.23. The van der Waals surface area contributed by atoms with E-state index in [1.165, 1.54) is 6.21 Å². The summed E-state index contributed by atoms with van der Waals surface area (Å²) in [5.41, 5.74) is 3.17. The second-order valence-corrected chi connectivity index (χ2v) is 5.57. The third-order valence-electron chi connectivity index (χ3n) is 2.98. The highest BCUT2D eigenvalue weighted by Gasteiger charge is 2.04. The Morgan fingerprint density at radius 1 is 1.17 bits per heavy atom. The molecule has 6 nitrogen and oxygen atoms in total. The first-order valence-corrected chi connectivity index (χ1v) is 7.84. The molecule has 0 aliphatic carbocycles. The lowest BCUT2D eigenvalue weighted by molar-refractivity contribution is -0.123. The molecule has 0 saturated heterocycles. The van der Waals surface area contributed by atoms with Crippen LogP contribution >= 0.6 is 15.9 Å². The van der Waals surface area contributed by atoms with E-state index in [0.717, 1.165) is 10.0 Å². The first-order chi connectivity index (χ1) is 11.6. The maximum atomic E-state index is 11.7. The standard InChI is InChI=1S/C17H17BrN2O4/c1-22-15-7-6-12(8-16(15)23-2)10-19-20-17(21)11-24-14-5-3-4-13(18)9-14/h3-10H,11H2,1-2H3,(H,20,21)/b19-10+. The minimum absolute atomic E-state index is 0.125. The fraction of sp³-hybridized carbons (Fsp3) is 0.176. The number of halogens is 1. The summed E-state index contributed by atoms with van der Waals surface area (Å²) in [7, 11) is 3.12. The molecule has 0 spiro atoms. The molecule has 0 atom stereocenters. The lowest BCUT2D eigenvalue weighted by atomic mass is 10.2. The number of nitrogens with zero attached hydrogens (tertiary/aromatic N) is 1. The number of methoxy groups -OCH3 is 2. The van der Waals surface area contributed by atoms with Gasteiger partial charge in [0.25, 0.3) is 5.91 Å². The van der Waals surface area contributed by atoms with Crippen molar-refractivity contribution in [1.82, 2.24) is 5.43 Å². The number of hydrazone groups is 1. The molecule has 0 aliphatic rings. The second-order valence-electron chi connectivity index (χ2n) is 4.65. The van der Waals surface area contributed by atoms with Crippen LogP contribution in [0.2, 0.25) is 0 Å². The van der Waals surface area contributed by atoms with Crippen molar-refractivity contribution in [2.75, 3.05) is 20.8 Å². The Kier molecular flexibility index (Phi) is 6.62. The molecule has 0 unspecified atom stereocenters. The van der Waals surface area contributed by atoms with E-state index in [2.05, 4.69) is 26.5 Å². The number of hydrogen-bond acceptors (Lipinski definition) is 5. The Balaban J connectivity index is 1.86. The molecule has 1 N–H and O–H groups in total. The molecule has 2 aromatic rings. The Morgan fingerprint density at radius 2 is 1.96 bits per heavy atom. The molecular weight excluding hydrogens is 376 g/mol. The van der Waals surface area contributed by atoms with Crippen LogP contribution < -0.4 is 19.6 Å². The van der Waals surface area contributed by atoms with E-state index in [9.17, 15) is 4.79 Å². The van der Waals surface area contributed by atoms with Gasteiger partial charge in [-0.15, -0.1) is 0 Å². The van der Waals surface area contributed by atoms with Crippen LogP contribution in [-0.4, -0.2) is 32.9 Å². The van der Waals surface area contributed by atoms with Crippen LogP contribution in [0.15, 0.2) is 52.0 Å². The van der Waals surface area contributed by atoms with Crippen molar-refractivity contribution in [2.45, 2.75) is 0 Å². The van der Waals surface area contributed by atoms with Crippen molar-refractivity contribution >= 4 is 28.1 Å². The van der Waals surface area contributed by atoms with Crippen LogP contribution in [0, 0.1) is 0 Å². The van der Waals surface area contributed by atoms with Crippen LogP contribution in [0.3, 0.4) is 0 Å². The van der Waals surface area contributed by atoms with E-state index in [1.54, 1.807) is 44.6 Å². The summed E-state index contributed by atoms with van der Waals surface area (Å²) in [6, 6.07) is 12.6. The van der Waals surface area contributed by atoms with Gasteiger partial charge in [-0.25, -0.2) is 5.43 Å². The van der Waals surface area contributed by atoms with Crippen LogP contribution in [-0.2, 0) is 4.79 Å². The average molecular weight is 393 g/mol. The van der Waals surface area contributed by atoms with Gasteiger partial charge in [-0.2, -0.15) is 5.10 Å². The van der Waals surface area contributed by atoms with Crippen molar-refractivity contribution in [3.63, 3.8) is 0 Å². The summed E-state index contributed by atoms with van der Waals surface area (Å²) >= 11 is 3.34. The largest absolute Gasteiger partial charge is 0.493 e. The minimum atomic E-state index is -0.355. The topological polar surface area (TPSA) is 69.2 Å². The number of rotatable bonds is 7. The number of amides is 1. The fourth-order valence-electron chi connectivity index (χ4n) is 1.85. The third-order valence-corrected chi connectivity index (χ3v) is 3.47. The number of carbonyl (C=O) groups is 1. The minimum Gasteiger partial charge on any atom is -0.493 e. The second kappa shape index (κ2) is 8.93. The summed E-state index contributed by atoms with van der Waals surface area (Å²) in [5, 5.41) is 3.89. The van der Waals surface area contributed by atoms with Gasteiger partial charge >= 0.3 is 0 Å². The van der Waals surface area contributed by atoms with Gasteiger partial charge in [0.15, 0.2) is 18.1 Å². The van der Waals surface area contributed by atoms with Gasteiger partial charge in [-0.05, 0) is 42.0 Å². The van der Waals surface area contributed by atoms with Gasteiger partial charge in [0.2, 0.25) is 0 Å². The first-order valence-electron chi connectivity index (χ1n) is 7.04. The van der Waals surface area contributed by atoms with Gasteiger partial charge in [-0.1, -0.05) is 22.0 Å². The molecule has 0 aromatic heterocycles. The summed E-state index contributed by atoms with van der Waals surface area (Å²) in [4.78, 5) is 11.7. The van der Waals surface area contributed by atoms with E-state index in [-0.39, 0.29) is 12.5 Å². The van der Waals surface area contributed by atoms with Crippen molar-refractivity contribution in [3.05, 3.63) is 52.5 Å². The van der Waals surface area contributed by atoms with Gasteiger partial charge < -0.3 is 14.2 Å². The van der Waals surface area contributed by atoms with Crippen molar-refractivity contribution in [3.8, 4) is 17.2 Å². The quantitative estimate of drug-likeness (QED) is 0.580. The van der Waals surface area contributed by atoms with Crippen LogP contribution in [0.25, 0.3) is 0 Å². The molecule has 0 aliphatic heterocycles. The summed E-state index contributed by atoms with van der Waals surface area (Å²) < 4.78 is 16.6. The van der Waals surface area contributed by atoms with E-state index in [0.29, 0.717) is 17.2 Å². The molecule has 2 aromatic carbocycles. The van der Waals surface area contributed by atoms with E-state index in [1.807, 2.05) is 12.1 Å². The van der Waals surface area contributed by atoms with E-state index < -0.39 is 0 Å². The number of carbonyl (C=O) groups excluding carboxylic acids is 1. The highest BCUT2D eigenvalue weighted by molar-refractivity contribution is 9.10. The zero-order chi connectivity index (χ0) is 17.4. The molecule has 126 valence electrons. The number of ether oxygens (including phenoxy) is 3. The number of hydrogen-bond donors (Lipinski definition) is 1. The average Bonchev–Trinajstić information content (AvgIpc) is 2.60. The summed E-state index contributed by atoms with van der Waals surface area (Å²) in [6.07, 6.45) is 1.51.